The molecular weight excluding hydrogens is 805 g/mol. The number of hydrogen-bond donors (Lipinski definition) is 0. The number of furan rings is 1. The Morgan fingerprint density at radius 1 is 0.485 bits per heavy atom. The molecule has 0 bridgehead atoms. The first-order valence-electron chi connectivity index (χ1n) is 23.4. The van der Waals surface area contributed by atoms with Crippen LogP contribution in [-0.2, 0) is 5.41 Å². The molecule has 0 amide bonds. The molecule has 9 aromatic carbocycles. The van der Waals surface area contributed by atoms with Gasteiger partial charge in [0, 0.05) is 50.0 Å². The van der Waals surface area contributed by atoms with E-state index in [1.54, 1.807) is 0 Å². The van der Waals surface area contributed by atoms with Crippen molar-refractivity contribution in [3.8, 4) is 5.75 Å². The first-order valence-corrected chi connectivity index (χ1v) is 23.4. The summed E-state index contributed by atoms with van der Waals surface area (Å²) in [5.74, 6) is 1.10. The summed E-state index contributed by atoms with van der Waals surface area (Å²) in [5.41, 5.74) is 14.3. The summed E-state index contributed by atoms with van der Waals surface area (Å²) in [6, 6.07) is 56.0. The van der Waals surface area contributed by atoms with Crippen LogP contribution in [0.25, 0.3) is 54.3 Å². The number of allylic oxidation sites excluding steroid dienone is 2. The lowest BCUT2D eigenvalue weighted by Gasteiger charge is -2.32. The van der Waals surface area contributed by atoms with Crippen molar-refractivity contribution in [1.29, 1.82) is 0 Å². The zero-order valence-corrected chi connectivity index (χ0v) is 39.0. The summed E-state index contributed by atoms with van der Waals surface area (Å²) >= 11 is 0. The van der Waals surface area contributed by atoms with E-state index in [-0.39, 0.29) is 22.9 Å². The van der Waals surface area contributed by atoms with Gasteiger partial charge in [-0.2, -0.15) is 0 Å². The van der Waals surface area contributed by atoms with Crippen molar-refractivity contribution in [2.75, 3.05) is 9.80 Å². The molecule has 1 aromatic heterocycles. The molecule has 10 aromatic rings. The van der Waals surface area contributed by atoms with Crippen LogP contribution in [0.5, 0.6) is 5.75 Å². The number of para-hydroxylation sites is 3. The molecule has 0 saturated carbocycles. The number of ether oxygens (including phenoxy) is 1. The molecule has 2 aliphatic rings. The number of rotatable bonds is 6. The maximum atomic E-state index is 7.19. The first-order chi connectivity index (χ1) is 31.8. The van der Waals surface area contributed by atoms with Crippen molar-refractivity contribution in [2.45, 2.75) is 72.8 Å². The van der Waals surface area contributed by atoms with Crippen molar-refractivity contribution >= 4 is 88.4 Å². The van der Waals surface area contributed by atoms with Gasteiger partial charge >= 0.3 is 0 Å². The van der Waals surface area contributed by atoms with Gasteiger partial charge < -0.3 is 19.0 Å². The summed E-state index contributed by atoms with van der Waals surface area (Å²) in [5, 5.41) is 9.50. The second-order valence-electron chi connectivity index (χ2n) is 20.6. The summed E-state index contributed by atoms with van der Waals surface area (Å²) in [6.07, 6.45) is 6.76. The molecule has 2 heterocycles. The zero-order chi connectivity index (χ0) is 45.2. The lowest BCUT2D eigenvalue weighted by atomic mass is 9.76. The van der Waals surface area contributed by atoms with Gasteiger partial charge in [0.2, 0.25) is 0 Å². The molecule has 0 N–H and O–H groups in total. The Kier molecular flexibility index (Phi) is 8.90. The van der Waals surface area contributed by atoms with Crippen LogP contribution in [0.1, 0.15) is 69.7 Å². The van der Waals surface area contributed by atoms with E-state index in [9.17, 15) is 0 Å². The van der Waals surface area contributed by atoms with Crippen LogP contribution in [0, 0.1) is 19.3 Å². The van der Waals surface area contributed by atoms with E-state index in [1.807, 2.05) is 0 Å². The molecule has 66 heavy (non-hydrogen) atoms. The van der Waals surface area contributed by atoms with E-state index in [4.69, 9.17) is 9.15 Å². The molecule has 12 rings (SSSR count). The Morgan fingerprint density at radius 3 is 1.64 bits per heavy atom. The average molecular weight is 859 g/mol. The monoisotopic (exact) mass is 858 g/mol. The summed E-state index contributed by atoms with van der Waals surface area (Å²) < 4.78 is 14.3. The fourth-order valence-electron chi connectivity index (χ4n) is 11.1. The quantitative estimate of drug-likeness (QED) is 0.156. The zero-order valence-electron chi connectivity index (χ0n) is 39.0. The van der Waals surface area contributed by atoms with Crippen molar-refractivity contribution < 1.29 is 9.15 Å². The molecule has 0 fully saturated rings. The van der Waals surface area contributed by atoms with Gasteiger partial charge in [0.25, 0.3) is 0 Å². The topological polar surface area (TPSA) is 28.9 Å². The van der Waals surface area contributed by atoms with E-state index in [0.29, 0.717) is 0 Å². The molecule has 1 aliphatic heterocycles. The molecular formula is C62H54N2O2. The average Bonchev–Trinajstić information content (AvgIpc) is 3.88. The number of anilines is 6. The third kappa shape index (κ3) is 6.18. The molecule has 324 valence electrons. The number of hydrogen-bond acceptors (Lipinski definition) is 4. The van der Waals surface area contributed by atoms with Gasteiger partial charge in [0.05, 0.1) is 22.7 Å². The minimum atomic E-state index is -0.0833. The fourth-order valence-corrected chi connectivity index (χ4v) is 11.1. The second kappa shape index (κ2) is 14.6. The fraction of sp³-hybridized carbons (Fsp3) is 0.194. The summed E-state index contributed by atoms with van der Waals surface area (Å²) in [6.45, 7) is 18.0. The third-order valence-corrected chi connectivity index (χ3v) is 14.1. The Balaban J connectivity index is 1.09. The van der Waals surface area contributed by atoms with Crippen LogP contribution in [0.2, 0.25) is 0 Å². The summed E-state index contributed by atoms with van der Waals surface area (Å²) in [4.78, 5) is 4.85. The van der Waals surface area contributed by atoms with E-state index in [1.165, 1.54) is 60.1 Å². The van der Waals surface area contributed by atoms with Gasteiger partial charge in [-0.05, 0) is 111 Å². The Labute approximate surface area is 387 Å². The van der Waals surface area contributed by atoms with Crippen molar-refractivity contribution in [3.05, 3.63) is 198 Å². The molecule has 2 atom stereocenters. The predicted octanol–water partition coefficient (Wildman–Crippen LogP) is 17.7. The summed E-state index contributed by atoms with van der Waals surface area (Å²) in [7, 11) is 0. The van der Waals surface area contributed by atoms with Crippen LogP contribution in [0.15, 0.2) is 180 Å². The lowest BCUT2D eigenvalue weighted by Crippen LogP contribution is -2.30. The van der Waals surface area contributed by atoms with Crippen LogP contribution in [-0.4, -0.2) is 6.10 Å². The van der Waals surface area contributed by atoms with Gasteiger partial charge in [-0.1, -0.05) is 163 Å². The number of fused-ring (bicyclic) bond motifs is 6. The smallest absolute Gasteiger partial charge is 0.159 e. The maximum Gasteiger partial charge on any atom is 0.159 e. The molecule has 0 spiro atoms. The Bertz CT molecular complexity index is 3650. The van der Waals surface area contributed by atoms with E-state index in [0.717, 1.165) is 61.8 Å². The lowest BCUT2D eigenvalue weighted by molar-refractivity contribution is 0.224. The van der Waals surface area contributed by atoms with E-state index in [2.05, 4.69) is 235 Å². The van der Waals surface area contributed by atoms with Crippen LogP contribution in [0.4, 0.5) is 34.1 Å². The molecule has 4 nitrogen and oxygen atoms in total. The molecule has 4 heteroatoms. The van der Waals surface area contributed by atoms with Crippen molar-refractivity contribution in [2.24, 2.45) is 5.41 Å². The highest BCUT2D eigenvalue weighted by molar-refractivity contribution is 6.28. The van der Waals surface area contributed by atoms with E-state index < -0.39 is 0 Å². The first kappa shape index (κ1) is 40.2. The molecule has 2 unspecified atom stereocenters. The van der Waals surface area contributed by atoms with E-state index >= 15 is 0 Å². The largest absolute Gasteiger partial charge is 0.483 e. The highest BCUT2D eigenvalue weighted by atomic mass is 16.5. The normalized spacial score (nSPS) is 16.0. The number of nitrogens with zero attached hydrogens (tertiary/aromatic N) is 2. The molecule has 0 radical (unpaired) electrons. The molecule has 0 saturated heterocycles. The third-order valence-electron chi connectivity index (χ3n) is 14.1. The van der Waals surface area contributed by atoms with Crippen LogP contribution >= 0.6 is 0 Å². The minimum absolute atomic E-state index is 0.0275. The number of benzene rings is 9. The highest BCUT2D eigenvalue weighted by Gasteiger charge is 2.42. The Hall–Kier alpha value is -7.30. The highest BCUT2D eigenvalue weighted by Crippen LogP contribution is 2.55. The van der Waals surface area contributed by atoms with Crippen molar-refractivity contribution in [1.82, 2.24) is 0 Å². The van der Waals surface area contributed by atoms with Gasteiger partial charge in [0.1, 0.15) is 17.4 Å². The molecule has 1 aliphatic carbocycles. The maximum absolute atomic E-state index is 7.19. The predicted molar refractivity (Wildman–Crippen MR) is 279 cm³/mol. The van der Waals surface area contributed by atoms with Crippen LogP contribution < -0.4 is 14.5 Å². The van der Waals surface area contributed by atoms with Crippen molar-refractivity contribution in [3.63, 3.8) is 0 Å². The Morgan fingerprint density at radius 2 is 1.03 bits per heavy atom. The van der Waals surface area contributed by atoms with Gasteiger partial charge in [-0.25, -0.2) is 0 Å². The number of aryl methyl sites for hydroxylation is 2. The van der Waals surface area contributed by atoms with Gasteiger partial charge in [-0.3, -0.25) is 0 Å². The minimum Gasteiger partial charge on any atom is -0.483 e. The van der Waals surface area contributed by atoms with Crippen LogP contribution in [0.3, 0.4) is 0 Å². The van der Waals surface area contributed by atoms with Gasteiger partial charge in [0.15, 0.2) is 5.58 Å². The van der Waals surface area contributed by atoms with Gasteiger partial charge in [-0.15, -0.1) is 0 Å². The standard InChI is InChI=1S/C62H54N2O2/c1-37-15-9-17-41(35-37)63(53-25-13-21-45-43-19-11-23-49(61(3,4)5)57(43)65-59(45)53)51-33-29-39-28-32-48-52(34-30-40-27-31-47(51)55(39)56(40)48)64(42-18-10-16-38(2)36-42)54-26-14-22-46-44-20-12-24-50(62(6,7)8)58(44)66-60(46)54/h9-36,43,57H,1-8H3. The second-order valence-corrected chi connectivity index (χ2v) is 20.6. The SMILES string of the molecule is Cc1cccc(N(c2cccc3c2OC2C(C(C)(C)C)=CC=CC32)c2ccc3ccc4c(N(c5cccc(C)c5)c5cccc6c5oc5c(C(C)(C)C)cccc56)ccc5ccc2c3c54)c1.